The first-order valence-electron chi connectivity index (χ1n) is 11.1. The SMILES string of the molecule is COC(=O)c1cc(-c2cccn2C(=O)OC(C)(C)C)c2oc(N3CCOC(C)C3)cc(=O)c2c1. The summed E-state index contributed by atoms with van der Waals surface area (Å²) in [6, 6.07) is 7.80. The van der Waals surface area contributed by atoms with Gasteiger partial charge < -0.3 is 23.5 Å². The summed E-state index contributed by atoms with van der Waals surface area (Å²) in [5, 5.41) is 0.208. The molecule has 34 heavy (non-hydrogen) atoms. The Morgan fingerprint density at radius 3 is 2.62 bits per heavy atom. The monoisotopic (exact) mass is 468 g/mol. The molecule has 3 heterocycles. The Labute approximate surface area is 196 Å². The summed E-state index contributed by atoms with van der Waals surface area (Å²) in [4.78, 5) is 40.3. The Bertz CT molecular complexity index is 1300. The number of methoxy groups -OCH3 is 1. The van der Waals surface area contributed by atoms with E-state index in [4.69, 9.17) is 18.6 Å². The Morgan fingerprint density at radius 2 is 1.94 bits per heavy atom. The van der Waals surface area contributed by atoms with Crippen LogP contribution in [0.1, 0.15) is 38.1 Å². The predicted molar refractivity (Wildman–Crippen MR) is 127 cm³/mol. The molecule has 0 radical (unpaired) electrons. The molecular formula is C25H28N2O7. The van der Waals surface area contributed by atoms with Crippen molar-refractivity contribution in [3.05, 3.63) is 52.3 Å². The number of benzene rings is 1. The highest BCUT2D eigenvalue weighted by molar-refractivity contribution is 6.01. The van der Waals surface area contributed by atoms with E-state index in [2.05, 4.69) is 0 Å². The van der Waals surface area contributed by atoms with Gasteiger partial charge in [-0.1, -0.05) is 0 Å². The maximum absolute atomic E-state index is 13.1. The molecule has 1 aliphatic rings. The second kappa shape index (κ2) is 8.98. The fraction of sp³-hybridized carbons (Fsp3) is 0.400. The first-order valence-corrected chi connectivity index (χ1v) is 11.1. The zero-order valence-electron chi connectivity index (χ0n) is 19.9. The van der Waals surface area contributed by atoms with E-state index in [-0.39, 0.29) is 28.1 Å². The minimum atomic E-state index is -0.707. The molecule has 0 amide bonds. The van der Waals surface area contributed by atoms with E-state index in [9.17, 15) is 14.4 Å². The lowest BCUT2D eigenvalue weighted by atomic mass is 10.0. The summed E-state index contributed by atoms with van der Waals surface area (Å²) < 4.78 is 23.6. The van der Waals surface area contributed by atoms with Gasteiger partial charge in [0.15, 0.2) is 11.3 Å². The molecule has 0 bridgehead atoms. The van der Waals surface area contributed by atoms with Crippen LogP contribution in [0.5, 0.6) is 0 Å². The molecule has 1 saturated heterocycles. The maximum atomic E-state index is 13.1. The first kappa shape index (κ1) is 23.6. The molecule has 1 fully saturated rings. The molecule has 3 aromatic rings. The van der Waals surface area contributed by atoms with Gasteiger partial charge in [0.2, 0.25) is 0 Å². The number of morpholine rings is 1. The highest BCUT2D eigenvalue weighted by Gasteiger charge is 2.25. The van der Waals surface area contributed by atoms with Gasteiger partial charge in [0.25, 0.3) is 0 Å². The molecule has 9 nitrogen and oxygen atoms in total. The molecular weight excluding hydrogens is 440 g/mol. The molecule has 1 atom stereocenters. The molecule has 1 unspecified atom stereocenters. The van der Waals surface area contributed by atoms with Crippen molar-refractivity contribution >= 4 is 28.9 Å². The molecule has 2 aromatic heterocycles. The lowest BCUT2D eigenvalue weighted by Gasteiger charge is -2.31. The van der Waals surface area contributed by atoms with Crippen LogP contribution >= 0.6 is 0 Å². The third-order valence-corrected chi connectivity index (χ3v) is 5.40. The van der Waals surface area contributed by atoms with Crippen molar-refractivity contribution in [3.63, 3.8) is 0 Å². The Morgan fingerprint density at radius 1 is 1.18 bits per heavy atom. The van der Waals surface area contributed by atoms with Crippen LogP contribution < -0.4 is 10.3 Å². The van der Waals surface area contributed by atoms with E-state index in [0.29, 0.717) is 36.8 Å². The summed E-state index contributed by atoms with van der Waals surface area (Å²) in [7, 11) is 1.26. The number of ether oxygens (including phenoxy) is 3. The molecule has 0 N–H and O–H groups in total. The van der Waals surface area contributed by atoms with Gasteiger partial charge in [-0.05, 0) is 52.0 Å². The highest BCUT2D eigenvalue weighted by Crippen LogP contribution is 2.33. The van der Waals surface area contributed by atoms with Gasteiger partial charge in [-0.3, -0.25) is 9.36 Å². The number of fused-ring (bicyclic) bond motifs is 1. The minimum absolute atomic E-state index is 0.0136. The zero-order chi connectivity index (χ0) is 24.6. The molecule has 180 valence electrons. The molecule has 1 aromatic carbocycles. The van der Waals surface area contributed by atoms with Gasteiger partial charge in [-0.2, -0.15) is 0 Å². The number of anilines is 1. The van der Waals surface area contributed by atoms with Gasteiger partial charge in [-0.15, -0.1) is 0 Å². The van der Waals surface area contributed by atoms with Crippen molar-refractivity contribution in [1.82, 2.24) is 4.57 Å². The van der Waals surface area contributed by atoms with E-state index in [0.717, 1.165) is 0 Å². The zero-order valence-corrected chi connectivity index (χ0v) is 19.9. The standard InChI is InChI=1S/C25H28N2O7/c1-15-14-26(9-10-32-15)21-13-20(28)18-12-16(23(29)31-5)11-17(22(18)33-21)19-7-6-8-27(19)24(30)34-25(2,3)4/h6-8,11-13,15H,9-10,14H2,1-5H3. The fourth-order valence-electron chi connectivity index (χ4n) is 3.92. The van der Waals surface area contributed by atoms with Crippen LogP contribution in [0.4, 0.5) is 10.7 Å². The molecule has 0 aliphatic carbocycles. The van der Waals surface area contributed by atoms with E-state index < -0.39 is 17.7 Å². The van der Waals surface area contributed by atoms with Crippen molar-refractivity contribution in [2.24, 2.45) is 0 Å². The summed E-state index contributed by atoms with van der Waals surface area (Å²) in [5.74, 6) is -0.209. The lowest BCUT2D eigenvalue weighted by Crippen LogP contribution is -2.41. The molecule has 1 aliphatic heterocycles. The second-order valence-corrected chi connectivity index (χ2v) is 9.21. The Balaban J connectivity index is 1.93. The van der Waals surface area contributed by atoms with Gasteiger partial charge in [0.1, 0.15) is 11.2 Å². The van der Waals surface area contributed by atoms with Crippen LogP contribution in [0.2, 0.25) is 0 Å². The summed E-state index contributed by atoms with van der Waals surface area (Å²) >= 11 is 0. The van der Waals surface area contributed by atoms with Crippen LogP contribution in [-0.4, -0.2) is 55.1 Å². The summed E-state index contributed by atoms with van der Waals surface area (Å²) in [6.45, 7) is 8.93. The number of carbonyl (C=O) groups is 2. The van der Waals surface area contributed by atoms with Crippen LogP contribution in [0.3, 0.4) is 0 Å². The Kier molecular flexibility index (Phi) is 6.22. The number of hydrogen-bond donors (Lipinski definition) is 0. The third-order valence-electron chi connectivity index (χ3n) is 5.40. The van der Waals surface area contributed by atoms with Crippen LogP contribution in [0.15, 0.2) is 45.7 Å². The molecule has 0 saturated carbocycles. The van der Waals surface area contributed by atoms with Gasteiger partial charge in [-0.25, -0.2) is 9.59 Å². The number of nitrogens with zero attached hydrogens (tertiary/aromatic N) is 2. The van der Waals surface area contributed by atoms with Crippen molar-refractivity contribution < 1.29 is 28.2 Å². The average molecular weight is 469 g/mol. The van der Waals surface area contributed by atoms with E-state index >= 15 is 0 Å². The first-order chi connectivity index (χ1) is 16.1. The Hall–Kier alpha value is -3.59. The number of aromatic nitrogens is 1. The number of hydrogen-bond acceptors (Lipinski definition) is 8. The highest BCUT2D eigenvalue weighted by atomic mass is 16.6. The van der Waals surface area contributed by atoms with Crippen LogP contribution in [-0.2, 0) is 14.2 Å². The van der Waals surface area contributed by atoms with Gasteiger partial charge in [0.05, 0.1) is 36.5 Å². The number of rotatable bonds is 3. The summed E-state index contributed by atoms with van der Waals surface area (Å²) in [6.07, 6.45) is 0.955. The average Bonchev–Trinajstić information content (AvgIpc) is 3.27. The minimum Gasteiger partial charge on any atom is -0.465 e. The van der Waals surface area contributed by atoms with E-state index in [1.165, 1.54) is 23.8 Å². The van der Waals surface area contributed by atoms with Crippen LogP contribution in [0, 0.1) is 0 Å². The topological polar surface area (TPSA) is 100 Å². The molecule has 0 spiro atoms. The van der Waals surface area contributed by atoms with Crippen molar-refractivity contribution in [2.75, 3.05) is 31.7 Å². The van der Waals surface area contributed by atoms with Gasteiger partial charge >= 0.3 is 12.1 Å². The smallest absolute Gasteiger partial charge is 0.418 e. The van der Waals surface area contributed by atoms with Crippen LogP contribution in [0.25, 0.3) is 22.2 Å². The van der Waals surface area contributed by atoms with Crippen molar-refractivity contribution in [3.8, 4) is 11.3 Å². The summed E-state index contributed by atoms with van der Waals surface area (Å²) in [5.41, 5.74) is 0.230. The lowest BCUT2D eigenvalue weighted by molar-refractivity contribution is 0.0516. The second-order valence-electron chi connectivity index (χ2n) is 9.21. The fourth-order valence-corrected chi connectivity index (χ4v) is 3.92. The maximum Gasteiger partial charge on any atom is 0.418 e. The molecule has 4 rings (SSSR count). The van der Waals surface area contributed by atoms with Gasteiger partial charge in [0, 0.05) is 30.9 Å². The number of carbonyl (C=O) groups excluding carboxylic acids is 2. The van der Waals surface area contributed by atoms with E-state index in [1.807, 2.05) is 11.8 Å². The number of esters is 1. The third kappa shape index (κ3) is 4.70. The van der Waals surface area contributed by atoms with E-state index in [1.54, 1.807) is 45.2 Å². The predicted octanol–water partition coefficient (Wildman–Crippen LogP) is 4.06. The molecule has 9 heteroatoms. The normalized spacial score (nSPS) is 16.5. The quantitative estimate of drug-likeness (QED) is 0.531. The van der Waals surface area contributed by atoms with Crippen molar-refractivity contribution in [2.45, 2.75) is 39.4 Å². The largest absolute Gasteiger partial charge is 0.465 e. The van der Waals surface area contributed by atoms with Crippen molar-refractivity contribution in [1.29, 1.82) is 0 Å².